The van der Waals surface area contributed by atoms with Crippen molar-refractivity contribution in [3.8, 4) is 11.1 Å². The third kappa shape index (κ3) is 5.21. The van der Waals surface area contributed by atoms with Crippen molar-refractivity contribution in [2.75, 3.05) is 0 Å². The summed E-state index contributed by atoms with van der Waals surface area (Å²) in [4.78, 5) is 11.8. The number of fused-ring (bicyclic) bond motifs is 9. The number of nitrogens with zero attached hydrogens (tertiary/aromatic N) is 3. The molecule has 2 aliphatic heterocycles. The maximum absolute atomic E-state index is 5.29. The Hall–Kier alpha value is -6.21. The zero-order valence-electron chi connectivity index (χ0n) is 30.9. The minimum Gasteiger partial charge on any atom is -0.328 e. The molecule has 0 fully saturated rings. The number of benzene rings is 6. The van der Waals surface area contributed by atoms with E-state index in [1.807, 2.05) is 23.1 Å². The molecule has 4 aliphatic rings. The molecule has 4 unspecified atom stereocenters. The SMILES string of the molecule is C1=CCC(C2=NC(c3ccccc3)N=C(c3cccc4c3sc3c(-c5cccc6c5SC5C=CC=C(n7c8ccccc8c8ccccc87)C65)cccc34)N2)C=C1. The molecule has 0 radical (unpaired) electrons. The predicted molar refractivity (Wildman–Crippen MR) is 243 cm³/mol. The molecule has 8 aromatic rings. The van der Waals surface area contributed by atoms with E-state index in [0.717, 1.165) is 29.2 Å². The van der Waals surface area contributed by atoms with Crippen LogP contribution in [0.25, 0.3) is 58.8 Å². The average Bonchev–Trinajstić information content (AvgIpc) is 3.97. The van der Waals surface area contributed by atoms with Gasteiger partial charge in [0, 0.05) is 69.7 Å². The molecule has 1 N–H and O–H groups in total. The lowest BCUT2D eigenvalue weighted by Gasteiger charge is -2.26. The van der Waals surface area contributed by atoms with Crippen LogP contribution >= 0.6 is 23.1 Å². The summed E-state index contributed by atoms with van der Waals surface area (Å²) < 4.78 is 5.07. The highest BCUT2D eigenvalue weighted by molar-refractivity contribution is 8.00. The van der Waals surface area contributed by atoms with Gasteiger partial charge in [0.25, 0.3) is 0 Å². The van der Waals surface area contributed by atoms with Crippen LogP contribution in [0.4, 0.5) is 0 Å². The maximum Gasteiger partial charge on any atom is 0.169 e. The lowest BCUT2D eigenvalue weighted by Crippen LogP contribution is -2.39. The van der Waals surface area contributed by atoms with E-state index in [-0.39, 0.29) is 18.0 Å². The third-order valence-electron chi connectivity index (χ3n) is 11.9. The first-order valence-corrected chi connectivity index (χ1v) is 21.4. The molecular formula is C51H36N4S2. The number of hydrogen-bond acceptors (Lipinski definition) is 5. The van der Waals surface area contributed by atoms with Crippen LogP contribution in [-0.2, 0) is 0 Å². The van der Waals surface area contributed by atoms with Crippen LogP contribution in [0.2, 0.25) is 0 Å². The molecule has 0 amide bonds. The van der Waals surface area contributed by atoms with E-state index >= 15 is 0 Å². The highest BCUT2D eigenvalue weighted by Crippen LogP contribution is 2.56. The summed E-state index contributed by atoms with van der Waals surface area (Å²) >= 11 is 3.90. The molecule has 0 spiro atoms. The fourth-order valence-electron chi connectivity index (χ4n) is 9.35. The summed E-state index contributed by atoms with van der Waals surface area (Å²) in [6.45, 7) is 0. The van der Waals surface area contributed by atoms with Gasteiger partial charge in [0.15, 0.2) is 6.17 Å². The van der Waals surface area contributed by atoms with Gasteiger partial charge in [-0.2, -0.15) is 0 Å². The van der Waals surface area contributed by atoms with E-state index in [1.54, 1.807) is 0 Å². The van der Waals surface area contributed by atoms with E-state index in [4.69, 9.17) is 9.98 Å². The highest BCUT2D eigenvalue weighted by Gasteiger charge is 2.39. The number of amidine groups is 2. The van der Waals surface area contributed by atoms with Gasteiger partial charge in [0.1, 0.15) is 11.7 Å². The molecule has 12 rings (SSSR count). The van der Waals surface area contributed by atoms with Crippen molar-refractivity contribution in [2.45, 2.75) is 28.6 Å². The van der Waals surface area contributed by atoms with E-state index < -0.39 is 0 Å². The third-order valence-corrected chi connectivity index (χ3v) is 14.6. The maximum atomic E-state index is 5.29. The first-order chi connectivity index (χ1) is 28.3. The zero-order chi connectivity index (χ0) is 37.5. The van der Waals surface area contributed by atoms with Crippen LogP contribution in [0.3, 0.4) is 0 Å². The number of allylic oxidation sites excluding steroid dienone is 6. The van der Waals surface area contributed by atoms with Crippen LogP contribution in [0, 0.1) is 5.92 Å². The van der Waals surface area contributed by atoms with E-state index in [9.17, 15) is 0 Å². The van der Waals surface area contributed by atoms with Crippen molar-refractivity contribution in [3.63, 3.8) is 0 Å². The van der Waals surface area contributed by atoms with Gasteiger partial charge < -0.3 is 9.88 Å². The second kappa shape index (κ2) is 13.2. The van der Waals surface area contributed by atoms with Gasteiger partial charge in [-0.1, -0.05) is 152 Å². The van der Waals surface area contributed by atoms with Crippen molar-refractivity contribution in [2.24, 2.45) is 15.9 Å². The Morgan fingerprint density at radius 2 is 1.28 bits per heavy atom. The lowest BCUT2D eigenvalue weighted by atomic mass is 9.87. The normalized spacial score (nSPS) is 21.1. The van der Waals surface area contributed by atoms with Gasteiger partial charge in [0.2, 0.25) is 0 Å². The smallest absolute Gasteiger partial charge is 0.169 e. The summed E-state index contributed by atoms with van der Waals surface area (Å²) in [7, 11) is 0. The average molecular weight is 769 g/mol. The highest BCUT2D eigenvalue weighted by atomic mass is 32.2. The van der Waals surface area contributed by atoms with Crippen molar-refractivity contribution < 1.29 is 0 Å². The van der Waals surface area contributed by atoms with Gasteiger partial charge >= 0.3 is 0 Å². The van der Waals surface area contributed by atoms with E-state index in [2.05, 4.69) is 186 Å². The Morgan fingerprint density at radius 1 is 0.596 bits per heavy atom. The number of thioether (sulfide) groups is 1. The standard InChI is InChI=1S/C51H36N4S2/c1-3-15-31(16-4-1)49-52-50(32-17-5-2-6-18-32)54-51(53-49)40-26-13-24-38-36-22-11-21-35(46(36)57-48(38)40)37-23-12-25-39-45-43(29-14-30-44(45)56-47(37)39)55-41-27-9-7-19-33(41)34-20-8-10-28-42(34)55/h1-17,19-30,32,44-45,49H,18H2,(H,52,53,54). The number of hydrogen-bond donors (Lipinski definition) is 1. The van der Waals surface area contributed by atoms with Gasteiger partial charge in [0.05, 0.1) is 11.0 Å². The minimum absolute atomic E-state index is 0.182. The first-order valence-electron chi connectivity index (χ1n) is 19.7. The summed E-state index contributed by atoms with van der Waals surface area (Å²) in [6, 6.07) is 48.7. The van der Waals surface area contributed by atoms with Gasteiger partial charge in [-0.3, -0.25) is 0 Å². The molecule has 0 saturated carbocycles. The van der Waals surface area contributed by atoms with Crippen molar-refractivity contribution in [3.05, 3.63) is 193 Å². The van der Waals surface area contributed by atoms with Gasteiger partial charge in [-0.25, -0.2) is 9.98 Å². The van der Waals surface area contributed by atoms with Gasteiger partial charge in [-0.05, 0) is 47.4 Å². The number of aromatic nitrogens is 1. The summed E-state index contributed by atoms with van der Waals surface area (Å²) in [5.41, 5.74) is 10.1. The fourth-order valence-corrected chi connectivity index (χ4v) is 12.2. The molecule has 0 saturated heterocycles. The molecule has 6 heteroatoms. The Kier molecular flexibility index (Phi) is 7.63. The van der Waals surface area contributed by atoms with Crippen molar-refractivity contribution in [1.29, 1.82) is 0 Å². The van der Waals surface area contributed by atoms with Crippen LogP contribution in [0.5, 0.6) is 0 Å². The van der Waals surface area contributed by atoms with E-state index in [1.165, 1.54) is 69.3 Å². The molecular weight excluding hydrogens is 733 g/mol. The molecule has 4 nitrogen and oxygen atoms in total. The largest absolute Gasteiger partial charge is 0.328 e. The molecule has 4 atom stereocenters. The Labute approximate surface area is 339 Å². The second-order valence-electron chi connectivity index (χ2n) is 15.2. The topological polar surface area (TPSA) is 41.7 Å². The van der Waals surface area contributed by atoms with E-state index in [0.29, 0.717) is 5.25 Å². The lowest BCUT2D eigenvalue weighted by molar-refractivity contribution is 0.721. The Bertz CT molecular complexity index is 3080. The fraction of sp³-hybridized carbons (Fsp3) is 0.0980. The van der Waals surface area contributed by atoms with Crippen LogP contribution < -0.4 is 5.32 Å². The molecule has 4 heterocycles. The quantitative estimate of drug-likeness (QED) is 0.189. The summed E-state index contributed by atoms with van der Waals surface area (Å²) in [5.74, 6) is 2.27. The number of aliphatic imine (C=N–C) groups is 2. The predicted octanol–water partition coefficient (Wildman–Crippen LogP) is 13.1. The van der Waals surface area contributed by atoms with Crippen molar-refractivity contribution in [1.82, 2.24) is 9.88 Å². The number of thiophene rings is 1. The van der Waals surface area contributed by atoms with Crippen molar-refractivity contribution >= 4 is 82.4 Å². The van der Waals surface area contributed by atoms with Crippen LogP contribution in [0.1, 0.15) is 35.2 Å². The minimum atomic E-state index is -0.306. The van der Waals surface area contributed by atoms with Gasteiger partial charge in [-0.15, -0.1) is 23.1 Å². The summed E-state index contributed by atoms with van der Waals surface area (Å²) in [5, 5.41) is 9.17. The second-order valence-corrected chi connectivity index (χ2v) is 17.4. The monoisotopic (exact) mass is 768 g/mol. The number of nitrogens with one attached hydrogen (secondary N) is 1. The first kappa shape index (κ1) is 33.0. The molecule has 272 valence electrons. The number of para-hydroxylation sites is 2. The number of rotatable bonds is 5. The molecule has 2 aromatic heterocycles. The molecule has 0 bridgehead atoms. The molecule has 2 aliphatic carbocycles. The Balaban J connectivity index is 0.982. The van der Waals surface area contributed by atoms with Crippen LogP contribution in [-0.4, -0.2) is 21.5 Å². The molecule has 57 heavy (non-hydrogen) atoms. The van der Waals surface area contributed by atoms with Crippen LogP contribution in [0.15, 0.2) is 191 Å². The summed E-state index contributed by atoms with van der Waals surface area (Å²) in [6.07, 6.45) is 16.3. The molecule has 6 aromatic carbocycles. The zero-order valence-corrected chi connectivity index (χ0v) is 32.6. The Morgan fingerprint density at radius 3 is 2.05 bits per heavy atom.